The van der Waals surface area contributed by atoms with Crippen molar-refractivity contribution in [3.05, 3.63) is 29.3 Å². The maximum absolute atomic E-state index is 12.7. The Balaban J connectivity index is 2.55. The van der Waals surface area contributed by atoms with Gasteiger partial charge in [0.1, 0.15) is 0 Å². The highest BCUT2D eigenvalue weighted by Gasteiger charge is 2.48. The van der Waals surface area contributed by atoms with E-state index in [2.05, 4.69) is 0 Å². The first-order valence-corrected chi connectivity index (χ1v) is 7.43. The topological polar surface area (TPSA) is 60.2 Å². The van der Waals surface area contributed by atoms with Crippen LogP contribution in [0.1, 0.15) is 30.4 Å². The summed E-state index contributed by atoms with van der Waals surface area (Å²) in [6, 6.07) is 5.57. The molecule has 0 aliphatic heterocycles. The maximum atomic E-state index is 12.7. The van der Waals surface area contributed by atoms with Crippen molar-refractivity contribution < 1.29 is 8.42 Å². The minimum atomic E-state index is -3.29. The number of sulfone groups is 1. The highest BCUT2D eigenvalue weighted by atomic mass is 32.2. The Kier molecular flexibility index (Phi) is 3.04. The lowest BCUT2D eigenvalue weighted by Gasteiger charge is -2.40. The molecule has 2 rings (SSSR count). The average Bonchev–Trinajstić information content (AvgIpc) is 2.20. The van der Waals surface area contributed by atoms with Crippen molar-refractivity contribution in [3.63, 3.8) is 0 Å². The van der Waals surface area contributed by atoms with Crippen molar-refractivity contribution >= 4 is 9.84 Å². The molecule has 3 nitrogen and oxygen atoms in total. The molecule has 1 aromatic rings. The van der Waals surface area contributed by atoms with E-state index in [1.54, 1.807) is 6.07 Å². The smallest absolute Gasteiger partial charge is 0.185 e. The van der Waals surface area contributed by atoms with Gasteiger partial charge in [0.05, 0.1) is 9.64 Å². The molecule has 0 unspecified atom stereocenters. The predicted molar refractivity (Wildman–Crippen MR) is 68.7 cm³/mol. The molecule has 0 bridgehead atoms. The van der Waals surface area contributed by atoms with E-state index >= 15 is 0 Å². The highest BCUT2D eigenvalue weighted by molar-refractivity contribution is 7.93. The highest BCUT2D eigenvalue weighted by Crippen LogP contribution is 2.42. The first kappa shape index (κ1) is 12.6. The Morgan fingerprint density at radius 2 is 1.94 bits per heavy atom. The van der Waals surface area contributed by atoms with Gasteiger partial charge in [0.2, 0.25) is 0 Å². The molecule has 17 heavy (non-hydrogen) atoms. The molecule has 1 fully saturated rings. The summed E-state index contributed by atoms with van der Waals surface area (Å²) in [4.78, 5) is 0.461. The van der Waals surface area contributed by atoms with Crippen LogP contribution in [0, 0.1) is 13.8 Å². The number of hydrogen-bond acceptors (Lipinski definition) is 3. The second-order valence-corrected chi connectivity index (χ2v) is 7.33. The van der Waals surface area contributed by atoms with Crippen molar-refractivity contribution in [1.29, 1.82) is 0 Å². The molecule has 0 aromatic heterocycles. The van der Waals surface area contributed by atoms with E-state index in [1.807, 2.05) is 26.0 Å². The lowest BCUT2D eigenvalue weighted by Crippen LogP contribution is -2.51. The summed E-state index contributed by atoms with van der Waals surface area (Å²) in [6.45, 7) is 3.98. The third-order valence-electron chi connectivity index (χ3n) is 3.84. The molecule has 0 saturated heterocycles. The van der Waals surface area contributed by atoms with Gasteiger partial charge < -0.3 is 5.73 Å². The predicted octanol–water partition coefficient (Wildman–Crippen LogP) is 1.96. The van der Waals surface area contributed by atoms with E-state index in [0.29, 0.717) is 17.7 Å². The second-order valence-electron chi connectivity index (χ2n) is 5.01. The van der Waals surface area contributed by atoms with Gasteiger partial charge in [-0.25, -0.2) is 8.42 Å². The van der Waals surface area contributed by atoms with Crippen LogP contribution >= 0.6 is 0 Å². The zero-order chi connectivity index (χ0) is 12.7. The Labute approximate surface area is 103 Å². The zero-order valence-corrected chi connectivity index (χ0v) is 11.2. The molecule has 0 amide bonds. The molecule has 1 aliphatic carbocycles. The van der Waals surface area contributed by atoms with E-state index in [-0.39, 0.29) is 6.54 Å². The van der Waals surface area contributed by atoms with Crippen molar-refractivity contribution in [2.24, 2.45) is 5.73 Å². The van der Waals surface area contributed by atoms with Crippen LogP contribution in [0.2, 0.25) is 0 Å². The minimum absolute atomic E-state index is 0.225. The van der Waals surface area contributed by atoms with E-state index in [0.717, 1.165) is 17.5 Å². The quantitative estimate of drug-likeness (QED) is 0.895. The fraction of sp³-hybridized carbons (Fsp3) is 0.538. The summed E-state index contributed by atoms with van der Waals surface area (Å²) in [5.74, 6) is 0. The molecular formula is C13H19NO2S. The largest absolute Gasteiger partial charge is 0.329 e. The lowest BCUT2D eigenvalue weighted by atomic mass is 9.84. The summed E-state index contributed by atoms with van der Waals surface area (Å²) >= 11 is 0. The first-order valence-electron chi connectivity index (χ1n) is 5.95. The van der Waals surface area contributed by atoms with Crippen LogP contribution in [0.25, 0.3) is 0 Å². The molecule has 0 radical (unpaired) electrons. The maximum Gasteiger partial charge on any atom is 0.185 e. The fourth-order valence-corrected chi connectivity index (χ4v) is 4.73. The average molecular weight is 253 g/mol. The van der Waals surface area contributed by atoms with Gasteiger partial charge in [0.25, 0.3) is 0 Å². The van der Waals surface area contributed by atoms with Gasteiger partial charge in [-0.15, -0.1) is 0 Å². The van der Waals surface area contributed by atoms with Crippen LogP contribution in [0.15, 0.2) is 23.1 Å². The van der Waals surface area contributed by atoms with Gasteiger partial charge in [0, 0.05) is 6.54 Å². The molecule has 1 saturated carbocycles. The third kappa shape index (κ3) is 1.79. The van der Waals surface area contributed by atoms with Gasteiger partial charge >= 0.3 is 0 Å². The number of hydrogen-bond donors (Lipinski definition) is 1. The Hall–Kier alpha value is -0.870. The molecule has 94 valence electrons. The summed E-state index contributed by atoms with van der Waals surface area (Å²) in [7, 11) is -3.29. The monoisotopic (exact) mass is 253 g/mol. The zero-order valence-electron chi connectivity index (χ0n) is 10.4. The fourth-order valence-electron chi connectivity index (χ4n) is 2.38. The van der Waals surface area contributed by atoms with Crippen molar-refractivity contribution in [1.82, 2.24) is 0 Å². The summed E-state index contributed by atoms with van der Waals surface area (Å²) in [6.07, 6.45) is 2.35. The molecule has 4 heteroatoms. The molecular weight excluding hydrogens is 234 g/mol. The van der Waals surface area contributed by atoms with Crippen molar-refractivity contribution in [2.45, 2.75) is 42.8 Å². The van der Waals surface area contributed by atoms with Crippen LogP contribution < -0.4 is 5.73 Å². The van der Waals surface area contributed by atoms with Crippen LogP contribution in [-0.4, -0.2) is 19.7 Å². The molecule has 0 heterocycles. The summed E-state index contributed by atoms with van der Waals surface area (Å²) in [5.41, 5.74) is 7.49. The van der Waals surface area contributed by atoms with E-state index in [4.69, 9.17) is 5.73 Å². The van der Waals surface area contributed by atoms with Gasteiger partial charge in [0.15, 0.2) is 9.84 Å². The summed E-state index contributed by atoms with van der Waals surface area (Å²) in [5, 5.41) is 0. The number of benzene rings is 1. The van der Waals surface area contributed by atoms with Crippen LogP contribution in [-0.2, 0) is 9.84 Å². The Morgan fingerprint density at radius 1 is 1.29 bits per heavy atom. The van der Waals surface area contributed by atoms with Gasteiger partial charge in [-0.05, 0) is 43.9 Å². The number of rotatable bonds is 3. The molecule has 1 aliphatic rings. The van der Waals surface area contributed by atoms with Crippen molar-refractivity contribution in [2.75, 3.05) is 6.54 Å². The minimum Gasteiger partial charge on any atom is -0.329 e. The van der Waals surface area contributed by atoms with Gasteiger partial charge in [-0.3, -0.25) is 0 Å². The molecule has 1 aromatic carbocycles. The van der Waals surface area contributed by atoms with Gasteiger partial charge in [-0.2, -0.15) is 0 Å². The first-order chi connectivity index (χ1) is 7.93. The van der Waals surface area contributed by atoms with E-state index in [9.17, 15) is 8.42 Å². The van der Waals surface area contributed by atoms with E-state index < -0.39 is 14.6 Å². The standard InChI is InChI=1S/C13H19NO2S/c1-10-4-5-11(2)12(8-10)17(15,16)13(9-14)6-3-7-13/h4-5,8H,3,6-7,9,14H2,1-2H3. The van der Waals surface area contributed by atoms with Crippen LogP contribution in [0.4, 0.5) is 0 Å². The molecule has 0 atom stereocenters. The van der Waals surface area contributed by atoms with Crippen molar-refractivity contribution in [3.8, 4) is 0 Å². The number of nitrogens with two attached hydrogens (primary N) is 1. The van der Waals surface area contributed by atoms with E-state index in [1.165, 1.54) is 0 Å². The second kappa shape index (κ2) is 4.10. The normalized spacial score (nSPS) is 18.8. The van der Waals surface area contributed by atoms with Gasteiger partial charge in [-0.1, -0.05) is 18.6 Å². The molecule has 0 spiro atoms. The SMILES string of the molecule is Cc1ccc(C)c(S(=O)(=O)C2(CN)CCC2)c1. The Morgan fingerprint density at radius 3 is 2.41 bits per heavy atom. The molecule has 2 N–H and O–H groups in total. The third-order valence-corrected chi connectivity index (χ3v) is 6.57. The Bertz CT molecular complexity index is 525. The number of aryl methyl sites for hydroxylation is 2. The van der Waals surface area contributed by atoms with Crippen LogP contribution in [0.5, 0.6) is 0 Å². The lowest BCUT2D eigenvalue weighted by molar-refractivity contribution is 0.344. The summed E-state index contributed by atoms with van der Waals surface area (Å²) < 4.78 is 24.6. The van der Waals surface area contributed by atoms with Crippen LogP contribution in [0.3, 0.4) is 0 Å².